The van der Waals surface area contributed by atoms with Gasteiger partial charge in [-0.3, -0.25) is 4.98 Å². The van der Waals surface area contributed by atoms with Crippen LogP contribution in [0.4, 0.5) is 0 Å². The zero-order chi connectivity index (χ0) is 13.3. The molecule has 1 aliphatic rings. The lowest BCUT2D eigenvalue weighted by atomic mass is 9.80. The molecule has 0 unspecified atom stereocenters. The molecule has 3 rings (SSSR count). The van der Waals surface area contributed by atoms with E-state index in [2.05, 4.69) is 12.1 Å². The van der Waals surface area contributed by atoms with Crippen LogP contribution in [0.3, 0.4) is 0 Å². The number of benzene rings is 1. The zero-order valence-electron chi connectivity index (χ0n) is 11.4. The first-order valence-electron chi connectivity index (χ1n) is 6.95. The molecule has 100 valence electrons. The van der Waals surface area contributed by atoms with Gasteiger partial charge in [0.2, 0.25) is 0 Å². The standard InChI is InChI=1S/C16H20N2O/c1-19-13-6-7-14-12(11-13)5-8-15(18-14)16(17)9-3-2-4-10-16/h5-8,11H,2-4,9-10,17H2,1H3. The summed E-state index contributed by atoms with van der Waals surface area (Å²) in [4.78, 5) is 4.77. The van der Waals surface area contributed by atoms with E-state index in [4.69, 9.17) is 15.5 Å². The average Bonchev–Trinajstić information content (AvgIpc) is 2.47. The highest BCUT2D eigenvalue weighted by molar-refractivity contribution is 5.80. The van der Waals surface area contributed by atoms with Gasteiger partial charge >= 0.3 is 0 Å². The molecule has 19 heavy (non-hydrogen) atoms. The number of nitrogens with zero attached hydrogens (tertiary/aromatic N) is 1. The van der Waals surface area contributed by atoms with Gasteiger partial charge < -0.3 is 10.5 Å². The third kappa shape index (κ3) is 2.30. The highest BCUT2D eigenvalue weighted by Crippen LogP contribution is 2.34. The largest absolute Gasteiger partial charge is 0.497 e. The van der Waals surface area contributed by atoms with E-state index in [9.17, 15) is 0 Å². The van der Waals surface area contributed by atoms with Crippen molar-refractivity contribution in [3.63, 3.8) is 0 Å². The molecule has 3 heteroatoms. The third-order valence-corrected chi connectivity index (χ3v) is 4.15. The van der Waals surface area contributed by atoms with Gasteiger partial charge in [-0.15, -0.1) is 0 Å². The number of methoxy groups -OCH3 is 1. The predicted octanol–water partition coefficient (Wildman–Crippen LogP) is 3.36. The van der Waals surface area contributed by atoms with Gasteiger partial charge in [0.05, 0.1) is 23.9 Å². The summed E-state index contributed by atoms with van der Waals surface area (Å²) in [5.41, 5.74) is 8.34. The second-order valence-electron chi connectivity index (χ2n) is 5.47. The van der Waals surface area contributed by atoms with Crippen molar-refractivity contribution >= 4 is 10.9 Å². The molecular formula is C16H20N2O. The number of nitrogens with two attached hydrogens (primary N) is 1. The molecule has 1 aliphatic carbocycles. The molecule has 0 radical (unpaired) electrons. The topological polar surface area (TPSA) is 48.1 Å². The normalized spacial score (nSPS) is 18.4. The van der Waals surface area contributed by atoms with Gasteiger partial charge in [0.1, 0.15) is 5.75 Å². The van der Waals surface area contributed by atoms with E-state index in [1.807, 2.05) is 18.2 Å². The Kier molecular flexibility index (Phi) is 3.15. The van der Waals surface area contributed by atoms with Crippen molar-refractivity contribution < 1.29 is 4.74 Å². The quantitative estimate of drug-likeness (QED) is 0.896. The Morgan fingerprint density at radius 1 is 1.11 bits per heavy atom. The van der Waals surface area contributed by atoms with Crippen LogP contribution in [-0.2, 0) is 5.54 Å². The summed E-state index contributed by atoms with van der Waals surface area (Å²) in [7, 11) is 1.68. The van der Waals surface area contributed by atoms with Crippen molar-refractivity contribution in [3.8, 4) is 5.75 Å². The molecule has 2 aromatic rings. The molecule has 0 bridgehead atoms. The monoisotopic (exact) mass is 256 g/mol. The fourth-order valence-corrected chi connectivity index (χ4v) is 2.95. The Morgan fingerprint density at radius 3 is 2.63 bits per heavy atom. The van der Waals surface area contributed by atoms with Crippen LogP contribution in [-0.4, -0.2) is 12.1 Å². The minimum Gasteiger partial charge on any atom is -0.497 e. The summed E-state index contributed by atoms with van der Waals surface area (Å²) in [5, 5.41) is 1.10. The molecule has 0 saturated heterocycles. The SMILES string of the molecule is COc1ccc2nc(C3(N)CCCCC3)ccc2c1. The lowest BCUT2D eigenvalue weighted by Gasteiger charge is -2.33. The van der Waals surface area contributed by atoms with Crippen LogP contribution in [0.1, 0.15) is 37.8 Å². The van der Waals surface area contributed by atoms with Crippen LogP contribution in [0.2, 0.25) is 0 Å². The van der Waals surface area contributed by atoms with Gasteiger partial charge in [-0.25, -0.2) is 0 Å². The summed E-state index contributed by atoms with van der Waals surface area (Å²) < 4.78 is 5.24. The number of aromatic nitrogens is 1. The fraction of sp³-hybridized carbons (Fsp3) is 0.438. The summed E-state index contributed by atoms with van der Waals surface area (Å²) in [6.07, 6.45) is 5.80. The first-order valence-corrected chi connectivity index (χ1v) is 6.95. The smallest absolute Gasteiger partial charge is 0.119 e. The van der Waals surface area contributed by atoms with Crippen LogP contribution in [0, 0.1) is 0 Å². The van der Waals surface area contributed by atoms with Crippen LogP contribution in [0.5, 0.6) is 5.75 Å². The number of fused-ring (bicyclic) bond motifs is 1. The molecule has 2 N–H and O–H groups in total. The van der Waals surface area contributed by atoms with Crippen molar-refractivity contribution in [1.29, 1.82) is 0 Å². The van der Waals surface area contributed by atoms with Crippen molar-refractivity contribution in [3.05, 3.63) is 36.0 Å². The van der Waals surface area contributed by atoms with E-state index in [0.29, 0.717) is 0 Å². The van der Waals surface area contributed by atoms with Gasteiger partial charge in [0.15, 0.2) is 0 Å². The Bertz CT molecular complexity index is 588. The van der Waals surface area contributed by atoms with Crippen molar-refractivity contribution in [2.75, 3.05) is 7.11 Å². The Labute approximate surface area is 113 Å². The number of pyridine rings is 1. The number of hydrogen-bond donors (Lipinski definition) is 1. The maximum Gasteiger partial charge on any atom is 0.119 e. The number of rotatable bonds is 2. The van der Waals surface area contributed by atoms with Gasteiger partial charge in [-0.2, -0.15) is 0 Å². The lowest BCUT2D eigenvalue weighted by molar-refractivity contribution is 0.296. The molecule has 0 spiro atoms. The van der Waals surface area contributed by atoms with Gasteiger partial charge in [0, 0.05) is 5.39 Å². The fourth-order valence-electron chi connectivity index (χ4n) is 2.95. The number of ether oxygens (including phenoxy) is 1. The third-order valence-electron chi connectivity index (χ3n) is 4.15. The molecule has 0 amide bonds. The first-order chi connectivity index (χ1) is 9.21. The van der Waals surface area contributed by atoms with Crippen LogP contribution >= 0.6 is 0 Å². The molecule has 1 aromatic carbocycles. The van der Waals surface area contributed by atoms with Crippen molar-refractivity contribution in [2.45, 2.75) is 37.6 Å². The zero-order valence-corrected chi connectivity index (χ0v) is 11.4. The minimum absolute atomic E-state index is 0.230. The predicted molar refractivity (Wildman–Crippen MR) is 77.2 cm³/mol. The summed E-state index contributed by atoms with van der Waals surface area (Å²) in [6, 6.07) is 10.1. The van der Waals surface area contributed by atoms with Crippen LogP contribution in [0.25, 0.3) is 10.9 Å². The van der Waals surface area contributed by atoms with Crippen molar-refractivity contribution in [2.24, 2.45) is 5.73 Å². The minimum atomic E-state index is -0.230. The van der Waals surface area contributed by atoms with E-state index in [1.165, 1.54) is 19.3 Å². The first kappa shape index (κ1) is 12.4. The Balaban J connectivity index is 2.01. The van der Waals surface area contributed by atoms with E-state index in [-0.39, 0.29) is 5.54 Å². The van der Waals surface area contributed by atoms with Crippen LogP contribution in [0.15, 0.2) is 30.3 Å². The second-order valence-corrected chi connectivity index (χ2v) is 5.47. The summed E-state index contributed by atoms with van der Waals surface area (Å²) in [5.74, 6) is 0.863. The summed E-state index contributed by atoms with van der Waals surface area (Å²) >= 11 is 0. The highest BCUT2D eigenvalue weighted by Gasteiger charge is 2.30. The number of hydrogen-bond acceptors (Lipinski definition) is 3. The maximum atomic E-state index is 6.54. The molecular weight excluding hydrogens is 236 g/mol. The second kappa shape index (κ2) is 4.82. The van der Waals surface area contributed by atoms with E-state index < -0.39 is 0 Å². The maximum absolute atomic E-state index is 6.54. The summed E-state index contributed by atoms with van der Waals surface area (Å²) in [6.45, 7) is 0. The molecule has 1 saturated carbocycles. The molecule has 1 heterocycles. The van der Waals surface area contributed by atoms with E-state index >= 15 is 0 Å². The Morgan fingerprint density at radius 2 is 1.89 bits per heavy atom. The highest BCUT2D eigenvalue weighted by atomic mass is 16.5. The Hall–Kier alpha value is -1.61. The van der Waals surface area contributed by atoms with Gasteiger partial charge in [-0.1, -0.05) is 25.3 Å². The van der Waals surface area contributed by atoms with E-state index in [0.717, 1.165) is 35.2 Å². The van der Waals surface area contributed by atoms with Crippen molar-refractivity contribution in [1.82, 2.24) is 4.98 Å². The van der Waals surface area contributed by atoms with Crippen LogP contribution < -0.4 is 10.5 Å². The molecule has 1 aromatic heterocycles. The average molecular weight is 256 g/mol. The molecule has 0 atom stereocenters. The van der Waals surface area contributed by atoms with E-state index in [1.54, 1.807) is 7.11 Å². The molecule has 0 aliphatic heterocycles. The van der Waals surface area contributed by atoms with Gasteiger partial charge in [0.25, 0.3) is 0 Å². The molecule has 1 fully saturated rings. The lowest BCUT2D eigenvalue weighted by Crippen LogP contribution is -2.39. The van der Waals surface area contributed by atoms with Gasteiger partial charge in [-0.05, 0) is 37.1 Å². The molecule has 3 nitrogen and oxygen atoms in total.